The Morgan fingerprint density at radius 1 is 1.23 bits per heavy atom. The molecule has 0 saturated carbocycles. The Bertz CT molecular complexity index is 1150. The zero-order valence-corrected chi connectivity index (χ0v) is 17.5. The number of hydrogen-bond acceptors (Lipinski definition) is 3. The molecular formula is C24H27N5O. The van der Waals surface area contributed by atoms with Gasteiger partial charge in [0.25, 0.3) is 0 Å². The first-order valence-corrected chi connectivity index (χ1v) is 10.7. The Balaban J connectivity index is 1.25. The highest BCUT2D eigenvalue weighted by Gasteiger charge is 2.25. The van der Waals surface area contributed by atoms with Gasteiger partial charge in [-0.3, -0.25) is 0 Å². The quantitative estimate of drug-likeness (QED) is 0.683. The minimum Gasteiger partial charge on any atom is -0.358 e. The maximum absolute atomic E-state index is 12.9. The maximum Gasteiger partial charge on any atom is 0.317 e. The summed E-state index contributed by atoms with van der Waals surface area (Å²) in [6, 6.07) is 8.60. The highest BCUT2D eigenvalue weighted by Crippen LogP contribution is 2.32. The third kappa shape index (κ3) is 3.47. The summed E-state index contributed by atoms with van der Waals surface area (Å²) >= 11 is 0. The Hall–Kier alpha value is -3.15. The highest BCUT2D eigenvalue weighted by atomic mass is 16.2. The number of nitrogens with one attached hydrogen (secondary N) is 2. The number of aromatic amines is 1. The van der Waals surface area contributed by atoms with Crippen LogP contribution in [0.2, 0.25) is 0 Å². The Morgan fingerprint density at radius 3 is 2.93 bits per heavy atom. The van der Waals surface area contributed by atoms with Crippen LogP contribution in [0.15, 0.2) is 36.5 Å². The lowest BCUT2D eigenvalue weighted by Crippen LogP contribution is -2.48. The van der Waals surface area contributed by atoms with Crippen LogP contribution in [-0.4, -0.2) is 45.0 Å². The number of hydrogen-bond donors (Lipinski definition) is 2. The Morgan fingerprint density at radius 2 is 2.10 bits per heavy atom. The van der Waals surface area contributed by atoms with Crippen LogP contribution in [0.1, 0.15) is 41.2 Å². The maximum atomic E-state index is 12.9. The number of rotatable bonds is 2. The number of aryl methyl sites for hydroxylation is 3. The van der Waals surface area contributed by atoms with E-state index >= 15 is 0 Å². The topological polar surface area (TPSA) is 73.9 Å². The number of nitrogens with zero attached hydrogens (tertiary/aromatic N) is 3. The van der Waals surface area contributed by atoms with E-state index < -0.39 is 0 Å². The predicted molar refractivity (Wildman–Crippen MR) is 118 cm³/mol. The van der Waals surface area contributed by atoms with Crippen molar-refractivity contribution in [1.29, 1.82) is 0 Å². The number of carbonyl (C=O) groups excluding carboxylic acids is 1. The zero-order valence-electron chi connectivity index (χ0n) is 17.5. The number of carbonyl (C=O) groups is 1. The average Bonchev–Trinajstić information content (AvgIpc) is 3.09. The van der Waals surface area contributed by atoms with Crippen molar-refractivity contribution in [2.75, 3.05) is 13.1 Å². The van der Waals surface area contributed by atoms with E-state index in [4.69, 9.17) is 0 Å². The Labute approximate surface area is 176 Å². The summed E-state index contributed by atoms with van der Waals surface area (Å²) in [5.41, 5.74) is 7.28. The molecule has 2 N–H and O–H groups in total. The van der Waals surface area contributed by atoms with Gasteiger partial charge in [0.05, 0.1) is 0 Å². The average molecular weight is 402 g/mol. The van der Waals surface area contributed by atoms with Gasteiger partial charge in [-0.2, -0.15) is 0 Å². The van der Waals surface area contributed by atoms with Gasteiger partial charge in [-0.05, 0) is 56.7 Å². The van der Waals surface area contributed by atoms with Crippen LogP contribution in [0, 0.1) is 13.8 Å². The van der Waals surface area contributed by atoms with Crippen LogP contribution >= 0.6 is 0 Å². The zero-order chi connectivity index (χ0) is 20.7. The molecule has 5 rings (SSSR count). The SMILES string of the molecule is Cc1ncc2c(n1)CCC(NC(=O)N1CC=C(c3c(C)[nH]c4ccccc34)CC1)C2. The van der Waals surface area contributed by atoms with E-state index in [9.17, 15) is 4.79 Å². The van der Waals surface area contributed by atoms with Crippen molar-refractivity contribution in [3.05, 3.63) is 64.9 Å². The van der Waals surface area contributed by atoms with Crippen molar-refractivity contribution in [1.82, 2.24) is 25.2 Å². The minimum atomic E-state index is 0.0300. The van der Waals surface area contributed by atoms with Gasteiger partial charge < -0.3 is 15.2 Å². The lowest BCUT2D eigenvalue weighted by atomic mass is 9.93. The van der Waals surface area contributed by atoms with Crippen LogP contribution in [-0.2, 0) is 12.8 Å². The molecule has 30 heavy (non-hydrogen) atoms. The van der Waals surface area contributed by atoms with E-state index in [1.54, 1.807) is 0 Å². The lowest BCUT2D eigenvalue weighted by molar-refractivity contribution is 0.197. The van der Waals surface area contributed by atoms with E-state index in [-0.39, 0.29) is 12.1 Å². The van der Waals surface area contributed by atoms with Gasteiger partial charge in [-0.25, -0.2) is 14.8 Å². The molecule has 1 aliphatic heterocycles. The molecule has 1 aliphatic carbocycles. The van der Waals surface area contributed by atoms with E-state index in [1.165, 1.54) is 27.7 Å². The standard InChI is InChI=1S/C24H27N5O/c1-15-23(20-5-3-4-6-22(20)26-15)17-9-11-29(12-10-17)24(30)28-19-7-8-21-18(13-19)14-25-16(2)27-21/h3-6,9,14,19,26H,7-8,10-13H2,1-2H3,(H,28,30). The largest absolute Gasteiger partial charge is 0.358 e. The number of para-hydroxylation sites is 1. The van der Waals surface area contributed by atoms with Gasteiger partial charge >= 0.3 is 6.03 Å². The summed E-state index contributed by atoms with van der Waals surface area (Å²) in [4.78, 5) is 27.1. The summed E-state index contributed by atoms with van der Waals surface area (Å²) in [7, 11) is 0. The third-order valence-electron chi connectivity index (χ3n) is 6.31. The molecule has 0 saturated heterocycles. The molecule has 0 fully saturated rings. The molecule has 154 valence electrons. The predicted octanol–water partition coefficient (Wildman–Crippen LogP) is 3.93. The Kier molecular flexibility index (Phi) is 4.77. The number of fused-ring (bicyclic) bond motifs is 2. The first-order chi connectivity index (χ1) is 14.6. The molecule has 2 aliphatic rings. The summed E-state index contributed by atoms with van der Waals surface area (Å²) in [5, 5.41) is 4.49. The molecule has 0 bridgehead atoms. The van der Waals surface area contributed by atoms with Crippen molar-refractivity contribution in [3.63, 3.8) is 0 Å². The molecule has 2 aromatic heterocycles. The summed E-state index contributed by atoms with van der Waals surface area (Å²) in [6.07, 6.45) is 7.63. The van der Waals surface area contributed by atoms with Crippen molar-refractivity contribution in [2.45, 2.75) is 45.6 Å². The molecule has 3 aromatic rings. The normalized spacial score (nSPS) is 18.8. The number of amides is 2. The molecule has 1 unspecified atom stereocenters. The van der Waals surface area contributed by atoms with Gasteiger partial charge in [0.2, 0.25) is 0 Å². The van der Waals surface area contributed by atoms with Crippen molar-refractivity contribution in [3.8, 4) is 0 Å². The van der Waals surface area contributed by atoms with Gasteiger partial charge in [0.1, 0.15) is 5.82 Å². The van der Waals surface area contributed by atoms with E-state index in [2.05, 4.69) is 57.5 Å². The number of urea groups is 1. The van der Waals surface area contributed by atoms with E-state index in [0.29, 0.717) is 6.54 Å². The fraction of sp³-hybridized carbons (Fsp3) is 0.375. The fourth-order valence-corrected chi connectivity index (χ4v) is 4.77. The van der Waals surface area contributed by atoms with Gasteiger partial charge in [-0.15, -0.1) is 0 Å². The summed E-state index contributed by atoms with van der Waals surface area (Å²) < 4.78 is 0. The van der Waals surface area contributed by atoms with Gasteiger partial charge in [-0.1, -0.05) is 24.3 Å². The van der Waals surface area contributed by atoms with Crippen molar-refractivity contribution in [2.24, 2.45) is 0 Å². The van der Waals surface area contributed by atoms with E-state index in [0.717, 1.165) is 49.3 Å². The second-order valence-electron chi connectivity index (χ2n) is 8.37. The van der Waals surface area contributed by atoms with Crippen LogP contribution in [0.25, 0.3) is 16.5 Å². The third-order valence-corrected chi connectivity index (χ3v) is 6.31. The fourth-order valence-electron chi connectivity index (χ4n) is 4.77. The molecule has 1 atom stereocenters. The smallest absolute Gasteiger partial charge is 0.317 e. The summed E-state index contributed by atoms with van der Waals surface area (Å²) in [6.45, 7) is 5.43. The molecule has 6 heteroatoms. The number of aromatic nitrogens is 3. The monoisotopic (exact) mass is 401 g/mol. The van der Waals surface area contributed by atoms with Crippen molar-refractivity contribution < 1.29 is 4.79 Å². The van der Waals surface area contributed by atoms with Crippen LogP contribution in [0.5, 0.6) is 0 Å². The number of H-pyrrole nitrogens is 1. The highest BCUT2D eigenvalue weighted by molar-refractivity contribution is 5.94. The lowest BCUT2D eigenvalue weighted by Gasteiger charge is -2.31. The van der Waals surface area contributed by atoms with Crippen LogP contribution < -0.4 is 5.32 Å². The first-order valence-electron chi connectivity index (χ1n) is 10.7. The van der Waals surface area contributed by atoms with Gasteiger partial charge in [0, 0.05) is 53.2 Å². The second kappa shape index (κ2) is 7.59. The molecule has 1 aromatic carbocycles. The van der Waals surface area contributed by atoms with Crippen LogP contribution in [0.4, 0.5) is 4.79 Å². The van der Waals surface area contributed by atoms with E-state index in [1.807, 2.05) is 18.0 Å². The second-order valence-corrected chi connectivity index (χ2v) is 8.37. The molecule has 6 nitrogen and oxygen atoms in total. The first kappa shape index (κ1) is 18.9. The number of benzene rings is 1. The minimum absolute atomic E-state index is 0.0300. The van der Waals surface area contributed by atoms with Crippen LogP contribution in [0.3, 0.4) is 0 Å². The molecule has 2 amide bonds. The molecule has 0 spiro atoms. The van der Waals surface area contributed by atoms with Gasteiger partial charge in [0.15, 0.2) is 0 Å². The summed E-state index contributed by atoms with van der Waals surface area (Å²) in [5.74, 6) is 0.817. The molecular weight excluding hydrogens is 374 g/mol. The molecule has 3 heterocycles. The van der Waals surface area contributed by atoms with Crippen molar-refractivity contribution >= 4 is 22.5 Å². The molecule has 0 radical (unpaired) electrons.